The molecule has 0 fully saturated rings. The molecule has 2 aromatic carbocycles. The zero-order chi connectivity index (χ0) is 14.8. The van der Waals surface area contributed by atoms with Crippen molar-refractivity contribution in [1.82, 2.24) is 4.98 Å². The summed E-state index contributed by atoms with van der Waals surface area (Å²) >= 11 is 0. The van der Waals surface area contributed by atoms with Gasteiger partial charge in [-0.25, -0.2) is 4.98 Å². The molecule has 104 valence electrons. The Bertz CT molecular complexity index is 821. The number of rotatable bonds is 4. The number of carbonyl (C=O) groups is 2. The lowest BCUT2D eigenvalue weighted by Gasteiger charge is -1.94. The highest BCUT2D eigenvalue weighted by atomic mass is 16.4. The summed E-state index contributed by atoms with van der Waals surface area (Å²) in [6, 6.07) is 13.6. The molecular weight excluding hydrogens is 270 g/mol. The Hall–Kier alpha value is -2.95. The van der Waals surface area contributed by atoms with Gasteiger partial charge in [-0.2, -0.15) is 0 Å². The van der Waals surface area contributed by atoms with Gasteiger partial charge in [0, 0.05) is 5.56 Å². The molecule has 21 heavy (non-hydrogen) atoms. The fraction of sp³-hybridized carbons (Fsp3) is 0.0625. The molecule has 1 heterocycles. The average molecular weight is 281 g/mol. The van der Waals surface area contributed by atoms with E-state index in [0.717, 1.165) is 0 Å². The van der Waals surface area contributed by atoms with Crippen LogP contribution in [0.5, 0.6) is 0 Å². The molecule has 0 amide bonds. The van der Waals surface area contributed by atoms with Gasteiger partial charge in [-0.15, -0.1) is 0 Å². The number of nitrogens with zero attached hydrogens (tertiary/aromatic N) is 1. The van der Waals surface area contributed by atoms with E-state index in [-0.39, 0.29) is 18.1 Å². The average Bonchev–Trinajstić information content (AvgIpc) is 2.90. The molecule has 0 spiro atoms. The highest BCUT2D eigenvalue weighted by Crippen LogP contribution is 2.19. The molecule has 5 heteroatoms. The molecule has 0 atom stereocenters. The molecule has 3 rings (SSSR count). The topological polar surface area (TPSA) is 80.4 Å². The third-order valence-corrected chi connectivity index (χ3v) is 3.04. The molecule has 0 radical (unpaired) electrons. The number of carboxylic acids is 1. The second kappa shape index (κ2) is 5.20. The quantitative estimate of drug-likeness (QED) is 0.744. The highest BCUT2D eigenvalue weighted by Gasteiger charge is 2.16. The van der Waals surface area contributed by atoms with Crippen molar-refractivity contribution in [3.05, 3.63) is 65.5 Å². The monoisotopic (exact) mass is 281 g/mol. The first-order chi connectivity index (χ1) is 10.1. The van der Waals surface area contributed by atoms with Gasteiger partial charge in [0.25, 0.3) is 5.89 Å². The lowest BCUT2D eigenvalue weighted by molar-refractivity contribution is -0.136. The molecule has 0 aliphatic carbocycles. The van der Waals surface area contributed by atoms with Gasteiger partial charge < -0.3 is 9.52 Å². The minimum Gasteiger partial charge on any atom is -0.481 e. The van der Waals surface area contributed by atoms with E-state index in [0.29, 0.717) is 22.2 Å². The van der Waals surface area contributed by atoms with Crippen LogP contribution in [-0.2, 0) is 11.2 Å². The molecule has 0 saturated carbocycles. The molecule has 3 aromatic rings. The van der Waals surface area contributed by atoms with Crippen molar-refractivity contribution in [3.63, 3.8) is 0 Å². The SMILES string of the molecule is O=C(O)Cc1ccc2oc(C(=O)c3ccccc3)nc2c1. The number of carbonyl (C=O) groups excluding carboxylic acids is 1. The summed E-state index contributed by atoms with van der Waals surface area (Å²) in [6.07, 6.45) is -0.0925. The van der Waals surface area contributed by atoms with Gasteiger partial charge >= 0.3 is 5.97 Å². The van der Waals surface area contributed by atoms with Gasteiger partial charge in [0.2, 0.25) is 5.78 Å². The summed E-state index contributed by atoms with van der Waals surface area (Å²) in [5.74, 6) is -1.21. The third kappa shape index (κ3) is 2.67. The molecule has 0 aliphatic rings. The number of benzene rings is 2. The van der Waals surface area contributed by atoms with Gasteiger partial charge in [0.05, 0.1) is 6.42 Å². The number of carboxylic acid groups (broad SMARTS) is 1. The Kier molecular flexibility index (Phi) is 3.23. The standard InChI is InChI=1S/C16H11NO4/c18-14(19)9-10-6-7-13-12(8-10)17-16(21-13)15(20)11-4-2-1-3-5-11/h1-8H,9H2,(H,18,19). The number of ketones is 1. The summed E-state index contributed by atoms with van der Waals surface area (Å²) in [4.78, 5) is 27.1. The van der Waals surface area contributed by atoms with Crippen LogP contribution in [0.1, 0.15) is 21.8 Å². The molecular formula is C16H11NO4. The molecule has 1 N–H and O–H groups in total. The van der Waals surface area contributed by atoms with Crippen LogP contribution < -0.4 is 0 Å². The lowest BCUT2D eigenvalue weighted by Crippen LogP contribution is -2.01. The summed E-state index contributed by atoms with van der Waals surface area (Å²) in [5.41, 5.74) is 2.05. The zero-order valence-corrected chi connectivity index (χ0v) is 10.9. The predicted octanol–water partition coefficient (Wildman–Crippen LogP) is 2.69. The van der Waals surface area contributed by atoms with Crippen molar-refractivity contribution in [2.24, 2.45) is 0 Å². The van der Waals surface area contributed by atoms with E-state index in [1.54, 1.807) is 42.5 Å². The Balaban J connectivity index is 1.97. The highest BCUT2D eigenvalue weighted by molar-refractivity contribution is 6.06. The largest absolute Gasteiger partial charge is 0.481 e. The molecule has 0 saturated heterocycles. The maximum absolute atomic E-state index is 12.2. The van der Waals surface area contributed by atoms with Crippen LogP contribution in [0.4, 0.5) is 0 Å². The Morgan fingerprint density at radius 3 is 2.57 bits per heavy atom. The van der Waals surface area contributed by atoms with Crippen LogP contribution >= 0.6 is 0 Å². The maximum Gasteiger partial charge on any atom is 0.307 e. The summed E-state index contributed by atoms with van der Waals surface area (Å²) in [6.45, 7) is 0. The number of fused-ring (bicyclic) bond motifs is 1. The van der Waals surface area contributed by atoms with Gasteiger partial charge in [-0.1, -0.05) is 36.4 Å². The van der Waals surface area contributed by atoms with E-state index >= 15 is 0 Å². The normalized spacial score (nSPS) is 10.7. The first kappa shape index (κ1) is 13.1. The Morgan fingerprint density at radius 2 is 1.86 bits per heavy atom. The summed E-state index contributed by atoms with van der Waals surface area (Å²) < 4.78 is 5.44. The summed E-state index contributed by atoms with van der Waals surface area (Å²) in [7, 11) is 0. The first-order valence-corrected chi connectivity index (χ1v) is 6.34. The van der Waals surface area contributed by atoms with E-state index in [9.17, 15) is 9.59 Å². The van der Waals surface area contributed by atoms with Crippen molar-refractivity contribution in [2.75, 3.05) is 0 Å². The molecule has 5 nitrogen and oxygen atoms in total. The fourth-order valence-electron chi connectivity index (χ4n) is 2.07. The van der Waals surface area contributed by atoms with Crippen LogP contribution in [0.15, 0.2) is 52.9 Å². The molecule has 1 aromatic heterocycles. The van der Waals surface area contributed by atoms with Crippen LogP contribution in [0.3, 0.4) is 0 Å². The van der Waals surface area contributed by atoms with Gasteiger partial charge in [0.15, 0.2) is 5.58 Å². The number of oxazole rings is 1. The zero-order valence-electron chi connectivity index (χ0n) is 10.9. The van der Waals surface area contributed by atoms with Crippen LogP contribution in [-0.4, -0.2) is 21.8 Å². The van der Waals surface area contributed by atoms with Crippen LogP contribution in [0.2, 0.25) is 0 Å². The van der Waals surface area contributed by atoms with E-state index < -0.39 is 5.97 Å². The van der Waals surface area contributed by atoms with Crippen molar-refractivity contribution < 1.29 is 19.1 Å². The van der Waals surface area contributed by atoms with E-state index in [1.807, 2.05) is 6.07 Å². The van der Waals surface area contributed by atoms with Gasteiger partial charge in [0.1, 0.15) is 5.52 Å². The van der Waals surface area contributed by atoms with Crippen molar-refractivity contribution in [1.29, 1.82) is 0 Å². The number of hydrogen-bond acceptors (Lipinski definition) is 4. The maximum atomic E-state index is 12.2. The number of aromatic nitrogens is 1. The second-order valence-electron chi connectivity index (χ2n) is 4.59. The minimum absolute atomic E-state index is 0.00340. The number of hydrogen-bond donors (Lipinski definition) is 1. The number of aliphatic carboxylic acids is 1. The van der Waals surface area contributed by atoms with Crippen molar-refractivity contribution in [2.45, 2.75) is 6.42 Å². The second-order valence-corrected chi connectivity index (χ2v) is 4.59. The Morgan fingerprint density at radius 1 is 1.10 bits per heavy atom. The van der Waals surface area contributed by atoms with E-state index in [1.165, 1.54) is 0 Å². The Labute approximate surface area is 119 Å². The van der Waals surface area contributed by atoms with Crippen molar-refractivity contribution in [3.8, 4) is 0 Å². The third-order valence-electron chi connectivity index (χ3n) is 3.04. The fourth-order valence-corrected chi connectivity index (χ4v) is 2.07. The molecule has 0 bridgehead atoms. The van der Waals surface area contributed by atoms with Crippen LogP contribution in [0.25, 0.3) is 11.1 Å². The molecule has 0 aliphatic heterocycles. The van der Waals surface area contributed by atoms with Gasteiger partial charge in [-0.3, -0.25) is 9.59 Å². The lowest BCUT2D eigenvalue weighted by atomic mass is 10.1. The van der Waals surface area contributed by atoms with Crippen molar-refractivity contribution >= 4 is 22.9 Å². The predicted molar refractivity (Wildman–Crippen MR) is 75.2 cm³/mol. The smallest absolute Gasteiger partial charge is 0.307 e. The first-order valence-electron chi connectivity index (χ1n) is 6.34. The molecule has 0 unspecified atom stereocenters. The van der Waals surface area contributed by atoms with Gasteiger partial charge in [-0.05, 0) is 17.7 Å². The summed E-state index contributed by atoms with van der Waals surface area (Å²) in [5, 5.41) is 8.78. The van der Waals surface area contributed by atoms with E-state index in [4.69, 9.17) is 9.52 Å². The van der Waals surface area contributed by atoms with E-state index in [2.05, 4.69) is 4.98 Å². The van der Waals surface area contributed by atoms with Crippen LogP contribution in [0, 0.1) is 0 Å². The minimum atomic E-state index is -0.918.